The van der Waals surface area contributed by atoms with Crippen LogP contribution in [0.4, 0.5) is 0 Å². The normalized spacial score (nSPS) is 15.1. The van der Waals surface area contributed by atoms with Crippen molar-refractivity contribution in [3.8, 4) is 0 Å². The largest absolute Gasteiger partial charge is 0.395 e. The Kier molecular flexibility index (Phi) is 4.62. The summed E-state index contributed by atoms with van der Waals surface area (Å²) in [6, 6.07) is 5.35. The second kappa shape index (κ2) is 6.02. The Morgan fingerprint density at radius 2 is 2.06 bits per heavy atom. The summed E-state index contributed by atoms with van der Waals surface area (Å²) in [6.07, 6.45) is 2.21. The number of Topliss-reactive ketones (excluding diaryl/α,β-unsaturated/α-hetero) is 1. The lowest BCUT2D eigenvalue weighted by Gasteiger charge is -2.19. The second-order valence-electron chi connectivity index (χ2n) is 4.48. The summed E-state index contributed by atoms with van der Waals surface area (Å²) < 4.78 is 0. The standard InChI is InChI=1S/C13H15Cl2NO2/c14-11-4-1-9(7-12(11)15)13(18)8-16(5-6-17)10-2-3-10/h1,4,7,10,17H,2-3,5-6,8H2. The Hall–Kier alpha value is -0.610. The van der Waals surface area contributed by atoms with Crippen molar-refractivity contribution in [1.29, 1.82) is 0 Å². The number of hydrogen-bond donors (Lipinski definition) is 1. The van der Waals surface area contributed by atoms with Crippen molar-refractivity contribution in [2.45, 2.75) is 18.9 Å². The van der Waals surface area contributed by atoms with Crippen molar-refractivity contribution < 1.29 is 9.90 Å². The molecule has 1 saturated carbocycles. The highest BCUT2D eigenvalue weighted by Crippen LogP contribution is 2.27. The summed E-state index contributed by atoms with van der Waals surface area (Å²) in [5.41, 5.74) is 0.563. The molecule has 0 atom stereocenters. The number of hydrogen-bond acceptors (Lipinski definition) is 3. The van der Waals surface area contributed by atoms with Gasteiger partial charge in [0.2, 0.25) is 0 Å². The number of carbonyl (C=O) groups is 1. The fraction of sp³-hybridized carbons (Fsp3) is 0.462. The highest BCUT2D eigenvalue weighted by atomic mass is 35.5. The minimum atomic E-state index is 0.00826. The van der Waals surface area contributed by atoms with Crippen LogP contribution in [0.1, 0.15) is 23.2 Å². The van der Waals surface area contributed by atoms with Gasteiger partial charge in [0.05, 0.1) is 23.2 Å². The minimum Gasteiger partial charge on any atom is -0.395 e. The zero-order valence-corrected chi connectivity index (χ0v) is 11.4. The van der Waals surface area contributed by atoms with E-state index in [0.717, 1.165) is 12.8 Å². The highest BCUT2D eigenvalue weighted by molar-refractivity contribution is 6.42. The number of aliphatic hydroxyl groups excluding tert-OH is 1. The number of halogens is 2. The summed E-state index contributed by atoms with van der Waals surface area (Å²) in [5.74, 6) is 0.00826. The lowest BCUT2D eigenvalue weighted by atomic mass is 10.1. The lowest BCUT2D eigenvalue weighted by molar-refractivity contribution is 0.0907. The molecule has 0 amide bonds. The molecular weight excluding hydrogens is 273 g/mol. The fourth-order valence-electron chi connectivity index (χ4n) is 1.90. The molecule has 2 rings (SSSR count). The molecule has 0 bridgehead atoms. The van der Waals surface area contributed by atoms with Crippen LogP contribution in [0.25, 0.3) is 0 Å². The maximum absolute atomic E-state index is 12.1. The highest BCUT2D eigenvalue weighted by Gasteiger charge is 2.29. The van der Waals surface area contributed by atoms with E-state index in [2.05, 4.69) is 0 Å². The van der Waals surface area contributed by atoms with Gasteiger partial charge < -0.3 is 5.11 Å². The van der Waals surface area contributed by atoms with Crippen LogP contribution < -0.4 is 0 Å². The second-order valence-corrected chi connectivity index (χ2v) is 5.29. The van der Waals surface area contributed by atoms with Crippen molar-refractivity contribution >= 4 is 29.0 Å². The van der Waals surface area contributed by atoms with Crippen molar-refractivity contribution in [2.24, 2.45) is 0 Å². The maximum atomic E-state index is 12.1. The molecule has 1 aromatic carbocycles. The van der Waals surface area contributed by atoms with E-state index in [0.29, 0.717) is 34.7 Å². The summed E-state index contributed by atoms with van der Waals surface area (Å²) in [4.78, 5) is 14.1. The maximum Gasteiger partial charge on any atom is 0.176 e. The van der Waals surface area contributed by atoms with Gasteiger partial charge in [-0.3, -0.25) is 9.69 Å². The van der Waals surface area contributed by atoms with E-state index in [-0.39, 0.29) is 12.4 Å². The van der Waals surface area contributed by atoms with Crippen LogP contribution in [0.3, 0.4) is 0 Å². The van der Waals surface area contributed by atoms with Gasteiger partial charge >= 0.3 is 0 Å². The molecule has 1 N–H and O–H groups in total. The first-order valence-corrected chi connectivity index (χ1v) is 6.70. The predicted molar refractivity (Wildman–Crippen MR) is 72.5 cm³/mol. The Morgan fingerprint density at radius 3 is 2.61 bits per heavy atom. The van der Waals surface area contributed by atoms with Gasteiger partial charge in [-0.2, -0.15) is 0 Å². The first kappa shape index (κ1) is 13.8. The molecular formula is C13H15Cl2NO2. The van der Waals surface area contributed by atoms with Gasteiger partial charge in [-0.25, -0.2) is 0 Å². The number of nitrogens with zero attached hydrogens (tertiary/aromatic N) is 1. The van der Waals surface area contributed by atoms with E-state index in [1.165, 1.54) is 0 Å². The van der Waals surface area contributed by atoms with E-state index < -0.39 is 0 Å². The van der Waals surface area contributed by atoms with Crippen LogP contribution in [0, 0.1) is 0 Å². The fourth-order valence-corrected chi connectivity index (χ4v) is 2.20. The van der Waals surface area contributed by atoms with Crippen molar-refractivity contribution in [3.63, 3.8) is 0 Å². The van der Waals surface area contributed by atoms with E-state index in [1.807, 2.05) is 4.90 Å². The third kappa shape index (κ3) is 3.45. The molecule has 1 aromatic rings. The molecule has 0 saturated heterocycles. The number of aliphatic hydroxyl groups is 1. The molecule has 5 heteroatoms. The molecule has 1 aliphatic rings. The third-order valence-corrected chi connectivity index (χ3v) is 3.78. The Labute approximate surface area is 116 Å². The van der Waals surface area contributed by atoms with Gasteiger partial charge in [0.25, 0.3) is 0 Å². The average Bonchev–Trinajstić information content (AvgIpc) is 3.16. The van der Waals surface area contributed by atoms with Crippen LogP contribution in [0.15, 0.2) is 18.2 Å². The molecule has 0 heterocycles. The van der Waals surface area contributed by atoms with Gasteiger partial charge in [-0.15, -0.1) is 0 Å². The zero-order chi connectivity index (χ0) is 13.1. The molecule has 0 radical (unpaired) electrons. The van der Waals surface area contributed by atoms with Crippen LogP contribution in [0.2, 0.25) is 10.0 Å². The minimum absolute atomic E-state index is 0.00826. The molecule has 0 aromatic heterocycles. The predicted octanol–water partition coefficient (Wildman–Crippen LogP) is 2.63. The Bertz CT molecular complexity index is 447. The molecule has 98 valence electrons. The molecule has 0 spiro atoms. The number of benzene rings is 1. The van der Waals surface area contributed by atoms with Gasteiger partial charge in [0.15, 0.2) is 5.78 Å². The zero-order valence-electron chi connectivity index (χ0n) is 9.90. The number of ketones is 1. The molecule has 0 aliphatic heterocycles. The van der Waals surface area contributed by atoms with Crippen molar-refractivity contribution in [2.75, 3.05) is 19.7 Å². The van der Waals surface area contributed by atoms with E-state index in [1.54, 1.807) is 18.2 Å². The van der Waals surface area contributed by atoms with Gasteiger partial charge in [0, 0.05) is 18.2 Å². The van der Waals surface area contributed by atoms with E-state index >= 15 is 0 Å². The topological polar surface area (TPSA) is 40.5 Å². The third-order valence-electron chi connectivity index (χ3n) is 3.04. The van der Waals surface area contributed by atoms with E-state index in [4.69, 9.17) is 28.3 Å². The number of rotatable bonds is 6. The monoisotopic (exact) mass is 287 g/mol. The van der Waals surface area contributed by atoms with Crippen LogP contribution in [-0.2, 0) is 0 Å². The molecule has 1 fully saturated rings. The molecule has 3 nitrogen and oxygen atoms in total. The summed E-state index contributed by atoms with van der Waals surface area (Å²) >= 11 is 11.7. The van der Waals surface area contributed by atoms with Crippen LogP contribution in [-0.4, -0.2) is 41.5 Å². The van der Waals surface area contributed by atoms with Crippen LogP contribution >= 0.6 is 23.2 Å². The Morgan fingerprint density at radius 1 is 1.33 bits per heavy atom. The summed E-state index contributed by atoms with van der Waals surface area (Å²) in [5, 5.41) is 9.82. The Balaban J connectivity index is 2.03. The smallest absolute Gasteiger partial charge is 0.176 e. The van der Waals surface area contributed by atoms with Gasteiger partial charge in [0.1, 0.15) is 0 Å². The summed E-state index contributed by atoms with van der Waals surface area (Å²) in [7, 11) is 0. The van der Waals surface area contributed by atoms with Gasteiger partial charge in [-0.1, -0.05) is 23.2 Å². The van der Waals surface area contributed by atoms with Gasteiger partial charge in [-0.05, 0) is 31.0 Å². The average molecular weight is 288 g/mol. The molecule has 0 unspecified atom stereocenters. The van der Waals surface area contributed by atoms with Crippen LogP contribution in [0.5, 0.6) is 0 Å². The SMILES string of the molecule is O=C(CN(CCO)C1CC1)c1ccc(Cl)c(Cl)c1. The summed E-state index contributed by atoms with van der Waals surface area (Å²) in [6.45, 7) is 0.937. The number of carbonyl (C=O) groups excluding carboxylic acids is 1. The lowest BCUT2D eigenvalue weighted by Crippen LogP contribution is -2.34. The molecule has 18 heavy (non-hydrogen) atoms. The van der Waals surface area contributed by atoms with E-state index in [9.17, 15) is 4.79 Å². The first-order valence-electron chi connectivity index (χ1n) is 5.95. The first-order chi connectivity index (χ1) is 8.61. The quantitative estimate of drug-likeness (QED) is 0.818. The van der Waals surface area contributed by atoms with Crippen molar-refractivity contribution in [1.82, 2.24) is 4.90 Å². The van der Waals surface area contributed by atoms with Crippen molar-refractivity contribution in [3.05, 3.63) is 33.8 Å². The molecule has 1 aliphatic carbocycles.